The van der Waals surface area contributed by atoms with Crippen molar-refractivity contribution in [2.75, 3.05) is 5.32 Å². The largest absolute Gasteiger partial charge is 0.325 e. The van der Waals surface area contributed by atoms with Crippen LogP contribution in [0.25, 0.3) is 11.3 Å². The minimum atomic E-state index is -0.436. The summed E-state index contributed by atoms with van der Waals surface area (Å²) in [7, 11) is 0. The second-order valence-corrected chi connectivity index (χ2v) is 11.6. The molecule has 1 N–H and O–H groups in total. The van der Waals surface area contributed by atoms with E-state index in [9.17, 15) is 9.59 Å². The molecule has 0 aliphatic heterocycles. The Morgan fingerprint density at radius 3 is 2.53 bits per heavy atom. The van der Waals surface area contributed by atoms with E-state index in [2.05, 4.69) is 30.1 Å². The predicted molar refractivity (Wildman–Crippen MR) is 148 cm³/mol. The van der Waals surface area contributed by atoms with E-state index in [0.29, 0.717) is 11.7 Å². The van der Waals surface area contributed by atoms with Crippen molar-refractivity contribution in [2.24, 2.45) is 0 Å². The van der Waals surface area contributed by atoms with Crippen LogP contribution in [0.1, 0.15) is 57.1 Å². The molecule has 5 nitrogen and oxygen atoms in total. The second-order valence-electron chi connectivity index (χ2n) is 10.3. The number of hydrogen-bond donors (Lipinski definition) is 1. The number of aromatic nitrogens is 2. The molecule has 3 aromatic rings. The summed E-state index contributed by atoms with van der Waals surface area (Å²) in [5.74, 6) is -0.121. The SMILES string of the molecule is C=C(C)Cn1c(S[C@H](C)C(=O)Nc2ccccc2)nc2c(c1=O)C1(CCCCC1)Cc1ccccc1-2. The van der Waals surface area contributed by atoms with Gasteiger partial charge in [0.05, 0.1) is 16.5 Å². The molecule has 1 heterocycles. The molecule has 1 amide bonds. The number of nitrogens with zero attached hydrogens (tertiary/aromatic N) is 2. The Labute approximate surface area is 217 Å². The standard InChI is InChI=1S/C30H33N3O2S/c1-20(2)19-33-28(35)25-26(24-15-9-8-12-22(24)18-30(25)16-10-5-11-17-30)32-29(33)36-21(3)27(34)31-23-13-6-4-7-14-23/h4,6-9,12-15,21H,1,5,10-11,16-19H2,2-3H3,(H,31,34)/t21-/m1/s1. The average molecular weight is 500 g/mol. The summed E-state index contributed by atoms with van der Waals surface area (Å²) in [6.45, 7) is 8.26. The molecule has 5 rings (SSSR count). The lowest BCUT2D eigenvalue weighted by molar-refractivity contribution is -0.115. The van der Waals surface area contributed by atoms with Crippen LogP contribution in [0, 0.1) is 0 Å². The van der Waals surface area contributed by atoms with Crippen LogP contribution in [0.5, 0.6) is 0 Å². The summed E-state index contributed by atoms with van der Waals surface area (Å²) in [5, 5.41) is 3.10. The van der Waals surface area contributed by atoms with Gasteiger partial charge in [-0.2, -0.15) is 0 Å². The molecule has 1 fully saturated rings. The number of hydrogen-bond acceptors (Lipinski definition) is 4. The molecule has 0 radical (unpaired) electrons. The van der Waals surface area contributed by atoms with Gasteiger partial charge < -0.3 is 5.32 Å². The maximum absolute atomic E-state index is 14.3. The summed E-state index contributed by atoms with van der Waals surface area (Å²) in [6.07, 6.45) is 6.40. The summed E-state index contributed by atoms with van der Waals surface area (Å²) in [4.78, 5) is 32.4. The van der Waals surface area contributed by atoms with Gasteiger partial charge in [0.1, 0.15) is 0 Å². The normalized spacial score (nSPS) is 16.6. The van der Waals surface area contributed by atoms with Gasteiger partial charge in [-0.05, 0) is 50.8 Å². The number of para-hydroxylation sites is 1. The topological polar surface area (TPSA) is 64.0 Å². The molecule has 6 heteroatoms. The van der Waals surface area contributed by atoms with Crippen molar-refractivity contribution in [2.45, 2.75) is 74.7 Å². The number of fused-ring (bicyclic) bond motifs is 4. The van der Waals surface area contributed by atoms with Gasteiger partial charge in [-0.25, -0.2) is 4.98 Å². The highest BCUT2D eigenvalue weighted by Gasteiger charge is 2.43. The number of benzene rings is 2. The zero-order chi connectivity index (χ0) is 25.3. The van der Waals surface area contributed by atoms with E-state index in [0.717, 1.165) is 60.2 Å². The highest BCUT2D eigenvalue weighted by molar-refractivity contribution is 8.00. The number of anilines is 1. The summed E-state index contributed by atoms with van der Waals surface area (Å²) >= 11 is 1.33. The zero-order valence-corrected chi connectivity index (χ0v) is 21.9. The zero-order valence-electron chi connectivity index (χ0n) is 21.0. The van der Waals surface area contributed by atoms with Crippen molar-refractivity contribution in [3.05, 3.63) is 88.2 Å². The van der Waals surface area contributed by atoms with E-state index < -0.39 is 5.25 Å². The monoisotopic (exact) mass is 499 g/mol. The number of thioether (sulfide) groups is 1. The lowest BCUT2D eigenvalue weighted by Crippen LogP contribution is -2.43. The van der Waals surface area contributed by atoms with Gasteiger partial charge in [0.25, 0.3) is 5.56 Å². The first kappa shape index (κ1) is 24.6. The number of amides is 1. The summed E-state index contributed by atoms with van der Waals surface area (Å²) < 4.78 is 1.75. The molecular formula is C30H33N3O2S. The molecule has 0 saturated heterocycles. The smallest absolute Gasteiger partial charge is 0.258 e. The number of carbonyl (C=O) groups excluding carboxylic acids is 1. The molecule has 1 aromatic heterocycles. The molecule has 1 saturated carbocycles. The Bertz CT molecular complexity index is 1360. The van der Waals surface area contributed by atoms with E-state index in [4.69, 9.17) is 4.98 Å². The van der Waals surface area contributed by atoms with Crippen LogP contribution in [0.4, 0.5) is 5.69 Å². The fourth-order valence-corrected chi connectivity index (χ4v) is 6.60. The van der Waals surface area contributed by atoms with Crippen molar-refractivity contribution in [3.8, 4) is 11.3 Å². The van der Waals surface area contributed by atoms with Crippen LogP contribution < -0.4 is 10.9 Å². The molecule has 2 aromatic carbocycles. The quantitative estimate of drug-likeness (QED) is 0.243. The van der Waals surface area contributed by atoms with E-state index in [1.807, 2.05) is 50.2 Å². The molecule has 2 aliphatic carbocycles. The molecule has 1 spiro atoms. The Hall–Kier alpha value is -3.12. The first-order chi connectivity index (χ1) is 17.4. The Morgan fingerprint density at radius 1 is 1.11 bits per heavy atom. The van der Waals surface area contributed by atoms with Gasteiger partial charge in [0.15, 0.2) is 5.16 Å². The first-order valence-electron chi connectivity index (χ1n) is 12.8. The van der Waals surface area contributed by atoms with E-state index in [-0.39, 0.29) is 16.9 Å². The Kier molecular flexibility index (Phi) is 6.89. The third-order valence-electron chi connectivity index (χ3n) is 7.40. The third kappa shape index (κ3) is 4.66. The maximum atomic E-state index is 14.3. The van der Waals surface area contributed by atoms with E-state index in [1.165, 1.54) is 23.7 Å². The lowest BCUT2D eigenvalue weighted by Gasteiger charge is -2.42. The number of rotatable bonds is 6. The molecule has 2 aliphatic rings. The molecule has 36 heavy (non-hydrogen) atoms. The fraction of sp³-hybridized carbons (Fsp3) is 0.367. The molecular weight excluding hydrogens is 466 g/mol. The van der Waals surface area contributed by atoms with Crippen LogP contribution in [0.3, 0.4) is 0 Å². The Balaban J connectivity index is 1.60. The number of nitrogens with one attached hydrogen (secondary N) is 1. The minimum absolute atomic E-state index is 0.0255. The van der Waals surface area contributed by atoms with Crippen molar-refractivity contribution < 1.29 is 4.79 Å². The highest BCUT2D eigenvalue weighted by atomic mass is 32.2. The number of allylic oxidation sites excluding steroid dienone is 1. The lowest BCUT2D eigenvalue weighted by atomic mass is 9.62. The molecule has 186 valence electrons. The summed E-state index contributed by atoms with van der Waals surface area (Å²) in [5.41, 5.74) is 5.48. The molecule has 1 atom stereocenters. The van der Waals surface area contributed by atoms with Crippen LogP contribution in [-0.4, -0.2) is 20.7 Å². The summed E-state index contributed by atoms with van der Waals surface area (Å²) in [6, 6.07) is 17.8. The van der Waals surface area contributed by atoms with Crippen LogP contribution in [0.15, 0.2) is 76.7 Å². The van der Waals surface area contributed by atoms with Crippen LogP contribution >= 0.6 is 11.8 Å². The number of carbonyl (C=O) groups is 1. The first-order valence-corrected chi connectivity index (χ1v) is 13.7. The van der Waals surface area contributed by atoms with Gasteiger partial charge in [-0.1, -0.05) is 85.6 Å². The predicted octanol–water partition coefficient (Wildman–Crippen LogP) is 6.36. The van der Waals surface area contributed by atoms with Crippen molar-refractivity contribution in [3.63, 3.8) is 0 Å². The van der Waals surface area contributed by atoms with Gasteiger partial charge in [-0.15, -0.1) is 0 Å². The van der Waals surface area contributed by atoms with Crippen LogP contribution in [-0.2, 0) is 23.2 Å². The van der Waals surface area contributed by atoms with E-state index >= 15 is 0 Å². The van der Waals surface area contributed by atoms with E-state index in [1.54, 1.807) is 4.57 Å². The highest BCUT2D eigenvalue weighted by Crippen LogP contribution is 2.49. The minimum Gasteiger partial charge on any atom is -0.325 e. The molecule has 0 bridgehead atoms. The third-order valence-corrected chi connectivity index (χ3v) is 8.49. The van der Waals surface area contributed by atoms with Crippen molar-refractivity contribution in [1.29, 1.82) is 0 Å². The second kappa shape index (κ2) is 10.1. The maximum Gasteiger partial charge on any atom is 0.258 e. The Morgan fingerprint density at radius 2 is 1.81 bits per heavy atom. The van der Waals surface area contributed by atoms with Crippen molar-refractivity contribution in [1.82, 2.24) is 9.55 Å². The van der Waals surface area contributed by atoms with Crippen molar-refractivity contribution >= 4 is 23.4 Å². The fourth-order valence-electron chi connectivity index (χ4n) is 5.70. The van der Waals surface area contributed by atoms with Gasteiger partial charge in [0, 0.05) is 23.2 Å². The van der Waals surface area contributed by atoms with Gasteiger partial charge >= 0.3 is 0 Å². The van der Waals surface area contributed by atoms with Crippen LogP contribution in [0.2, 0.25) is 0 Å². The average Bonchev–Trinajstić information content (AvgIpc) is 2.87. The van der Waals surface area contributed by atoms with Gasteiger partial charge in [-0.3, -0.25) is 14.2 Å². The molecule has 0 unspecified atom stereocenters. The van der Waals surface area contributed by atoms with Gasteiger partial charge in [0.2, 0.25) is 5.91 Å².